The van der Waals surface area contributed by atoms with Crippen LogP contribution in [0.4, 0.5) is 0 Å². The molecule has 0 heterocycles. The van der Waals surface area contributed by atoms with Gasteiger partial charge in [-0.05, 0) is 43.4 Å². The van der Waals surface area contributed by atoms with Crippen LogP contribution in [0.5, 0.6) is 0 Å². The zero-order chi connectivity index (χ0) is 8.34. The van der Waals surface area contributed by atoms with Gasteiger partial charge < -0.3 is 0 Å². The average Bonchev–Trinajstić information content (AvgIpc) is 1.96. The van der Waals surface area contributed by atoms with Gasteiger partial charge in [0.05, 0.1) is 0 Å². The molecule has 0 aromatic rings. The van der Waals surface area contributed by atoms with E-state index in [0.717, 1.165) is 5.92 Å². The quantitative estimate of drug-likeness (QED) is 0.537. The highest BCUT2D eigenvalue weighted by atomic mass is 16.1. The molecule has 4 aliphatic rings. The first kappa shape index (κ1) is 7.11. The topological polar surface area (TPSA) is 17.1 Å². The summed E-state index contributed by atoms with van der Waals surface area (Å²) < 4.78 is 0. The number of hydrogen-bond donors (Lipinski definition) is 0. The summed E-state index contributed by atoms with van der Waals surface area (Å²) in [5, 5.41) is 0. The normalized spacial score (nSPS) is 56.4. The van der Waals surface area contributed by atoms with Crippen molar-refractivity contribution in [1.29, 1.82) is 0 Å². The van der Waals surface area contributed by atoms with E-state index in [-0.39, 0.29) is 0 Å². The largest absolute Gasteiger partial charge is 0.299 e. The molecule has 4 fully saturated rings. The smallest absolute Gasteiger partial charge is 0.139 e. The zero-order valence-corrected chi connectivity index (χ0v) is 7.68. The highest BCUT2D eigenvalue weighted by molar-refractivity contribution is 5.85. The van der Waals surface area contributed by atoms with E-state index in [1.165, 1.54) is 32.1 Å². The summed E-state index contributed by atoms with van der Waals surface area (Å²) in [7, 11) is 0. The van der Waals surface area contributed by atoms with E-state index in [9.17, 15) is 4.79 Å². The van der Waals surface area contributed by atoms with Crippen LogP contribution in [0.2, 0.25) is 0 Å². The molecule has 0 aromatic carbocycles. The molecule has 0 saturated heterocycles. The van der Waals surface area contributed by atoms with Gasteiger partial charge in [-0.3, -0.25) is 4.79 Å². The maximum Gasteiger partial charge on any atom is 0.139 e. The second kappa shape index (κ2) is 1.94. The van der Waals surface area contributed by atoms with Gasteiger partial charge in [-0.25, -0.2) is 0 Å². The van der Waals surface area contributed by atoms with Gasteiger partial charge in [0.2, 0.25) is 0 Å². The summed E-state index contributed by atoms with van der Waals surface area (Å²) in [5.74, 6) is 2.47. The lowest BCUT2D eigenvalue weighted by Crippen LogP contribution is -2.50. The molecule has 0 aromatic heterocycles. The molecule has 0 aliphatic heterocycles. The van der Waals surface area contributed by atoms with E-state index in [2.05, 4.69) is 6.92 Å². The Morgan fingerprint density at radius 1 is 1.17 bits per heavy atom. The lowest BCUT2D eigenvalue weighted by Gasteiger charge is -2.54. The molecule has 1 nitrogen and oxygen atoms in total. The van der Waals surface area contributed by atoms with Crippen LogP contribution in [0, 0.1) is 23.2 Å². The Labute approximate surface area is 73.5 Å². The van der Waals surface area contributed by atoms with E-state index in [0.29, 0.717) is 23.0 Å². The monoisotopic (exact) mass is 164 g/mol. The first-order chi connectivity index (χ1) is 5.66. The van der Waals surface area contributed by atoms with Gasteiger partial charge in [0.15, 0.2) is 0 Å². The van der Waals surface area contributed by atoms with E-state index in [1.807, 2.05) is 0 Å². The molecule has 2 atom stereocenters. The summed E-state index contributed by atoms with van der Waals surface area (Å²) in [6.07, 6.45) is 6.28. The molecule has 0 amide bonds. The van der Waals surface area contributed by atoms with Gasteiger partial charge in [0.25, 0.3) is 0 Å². The number of carbonyl (C=O) groups excluding carboxylic acids is 1. The standard InChI is InChI=1S/C11H16O/c1-11-4-7-2-8(5-11)10(12)9(3-7)6-11/h7-9H,2-6H2,1H3. The Bertz CT molecular complexity index is 225. The minimum atomic E-state index is 0.473. The Balaban J connectivity index is 2.00. The zero-order valence-electron chi connectivity index (χ0n) is 7.68. The van der Waals surface area contributed by atoms with Gasteiger partial charge in [0, 0.05) is 11.8 Å². The van der Waals surface area contributed by atoms with Crippen LogP contribution in [0.15, 0.2) is 0 Å². The van der Waals surface area contributed by atoms with E-state index < -0.39 is 0 Å². The summed E-state index contributed by atoms with van der Waals surface area (Å²) in [5.41, 5.74) is 0.560. The van der Waals surface area contributed by atoms with Crippen molar-refractivity contribution in [3.63, 3.8) is 0 Å². The molecule has 2 unspecified atom stereocenters. The predicted molar refractivity (Wildman–Crippen MR) is 46.7 cm³/mol. The maximum absolute atomic E-state index is 11.7. The first-order valence-electron chi connectivity index (χ1n) is 5.20. The fraction of sp³-hybridized carbons (Fsp3) is 0.909. The third kappa shape index (κ3) is 0.773. The van der Waals surface area contributed by atoms with Gasteiger partial charge in [-0.2, -0.15) is 0 Å². The second-order valence-corrected chi connectivity index (χ2v) is 5.56. The minimum Gasteiger partial charge on any atom is -0.299 e. The van der Waals surface area contributed by atoms with Crippen LogP contribution >= 0.6 is 0 Å². The molecule has 4 bridgehead atoms. The summed E-state index contributed by atoms with van der Waals surface area (Å²) in [6, 6.07) is 0. The molecule has 0 spiro atoms. The minimum absolute atomic E-state index is 0.473. The van der Waals surface area contributed by atoms with Gasteiger partial charge in [-0.15, -0.1) is 0 Å². The summed E-state index contributed by atoms with van der Waals surface area (Å²) in [4.78, 5) is 11.7. The number of carbonyl (C=O) groups is 1. The van der Waals surface area contributed by atoms with Crippen LogP contribution in [-0.2, 0) is 4.79 Å². The number of rotatable bonds is 0. The maximum atomic E-state index is 11.7. The van der Waals surface area contributed by atoms with Crippen molar-refractivity contribution in [2.45, 2.75) is 39.0 Å². The van der Waals surface area contributed by atoms with Crippen LogP contribution in [0.1, 0.15) is 39.0 Å². The Hall–Kier alpha value is -0.330. The Kier molecular flexibility index (Phi) is 1.15. The molecule has 0 N–H and O–H groups in total. The van der Waals surface area contributed by atoms with Crippen LogP contribution < -0.4 is 0 Å². The average molecular weight is 164 g/mol. The van der Waals surface area contributed by atoms with E-state index >= 15 is 0 Å². The van der Waals surface area contributed by atoms with Crippen LogP contribution in [0.3, 0.4) is 0 Å². The lowest BCUT2D eigenvalue weighted by atomic mass is 9.50. The summed E-state index contributed by atoms with van der Waals surface area (Å²) >= 11 is 0. The van der Waals surface area contributed by atoms with Crippen molar-refractivity contribution in [1.82, 2.24) is 0 Å². The second-order valence-electron chi connectivity index (χ2n) is 5.56. The molecule has 4 aliphatic carbocycles. The molecule has 0 radical (unpaired) electrons. The van der Waals surface area contributed by atoms with Crippen molar-refractivity contribution < 1.29 is 4.79 Å². The van der Waals surface area contributed by atoms with Crippen molar-refractivity contribution in [3.8, 4) is 0 Å². The molecule has 1 heteroatoms. The SMILES string of the molecule is CC12CC3CC(C1)C(=O)C(C3)C2. The fourth-order valence-corrected chi connectivity index (χ4v) is 4.14. The lowest BCUT2D eigenvalue weighted by molar-refractivity contribution is -0.146. The highest BCUT2D eigenvalue weighted by Crippen LogP contribution is 2.58. The third-order valence-electron chi connectivity index (χ3n) is 4.30. The molecular formula is C11H16O. The van der Waals surface area contributed by atoms with Crippen molar-refractivity contribution in [3.05, 3.63) is 0 Å². The fourth-order valence-electron chi connectivity index (χ4n) is 4.14. The molecule has 66 valence electrons. The molecular weight excluding hydrogens is 148 g/mol. The molecule has 4 rings (SSSR count). The third-order valence-corrected chi connectivity index (χ3v) is 4.30. The summed E-state index contributed by atoms with van der Waals surface area (Å²) in [6.45, 7) is 2.39. The van der Waals surface area contributed by atoms with Gasteiger partial charge >= 0.3 is 0 Å². The van der Waals surface area contributed by atoms with E-state index in [1.54, 1.807) is 0 Å². The van der Waals surface area contributed by atoms with Crippen molar-refractivity contribution >= 4 is 5.78 Å². The van der Waals surface area contributed by atoms with Crippen molar-refractivity contribution in [2.75, 3.05) is 0 Å². The highest BCUT2D eigenvalue weighted by Gasteiger charge is 2.52. The Morgan fingerprint density at radius 2 is 1.75 bits per heavy atom. The van der Waals surface area contributed by atoms with E-state index in [4.69, 9.17) is 0 Å². The predicted octanol–water partition coefficient (Wildman–Crippen LogP) is 2.40. The first-order valence-corrected chi connectivity index (χ1v) is 5.20. The Morgan fingerprint density at radius 3 is 2.25 bits per heavy atom. The molecule has 12 heavy (non-hydrogen) atoms. The van der Waals surface area contributed by atoms with Crippen LogP contribution in [0.25, 0.3) is 0 Å². The van der Waals surface area contributed by atoms with Crippen LogP contribution in [-0.4, -0.2) is 5.78 Å². The van der Waals surface area contributed by atoms with Crippen molar-refractivity contribution in [2.24, 2.45) is 23.2 Å². The van der Waals surface area contributed by atoms with Gasteiger partial charge in [0.1, 0.15) is 5.78 Å². The van der Waals surface area contributed by atoms with Gasteiger partial charge in [-0.1, -0.05) is 6.92 Å². The number of Topliss-reactive ketones (excluding diaryl/α,β-unsaturated/α-hetero) is 1. The number of hydrogen-bond acceptors (Lipinski definition) is 1. The molecule has 4 saturated carbocycles. The number of ketones is 1.